The van der Waals surface area contributed by atoms with Crippen molar-refractivity contribution in [3.8, 4) is 23.0 Å². The molecule has 132 valence electrons. The van der Waals surface area contributed by atoms with E-state index in [1.165, 1.54) is 11.1 Å². The fourth-order valence-electron chi connectivity index (χ4n) is 4.52. The van der Waals surface area contributed by atoms with Crippen LogP contribution in [0.2, 0.25) is 0 Å². The second kappa shape index (κ2) is 5.06. The normalized spacial score (nSPS) is 24.2. The number of ether oxygens (including phenoxy) is 5. The number of carbonyl (C=O) groups excluding carboxylic acids is 1. The minimum Gasteiger partial charge on any atom is -0.454 e. The van der Waals surface area contributed by atoms with Crippen LogP contribution < -0.4 is 18.9 Å². The molecule has 26 heavy (non-hydrogen) atoms. The van der Waals surface area contributed by atoms with Gasteiger partial charge in [-0.3, -0.25) is 0 Å². The molecule has 0 saturated heterocycles. The van der Waals surface area contributed by atoms with Crippen molar-refractivity contribution in [3.05, 3.63) is 46.5 Å². The Balaban J connectivity index is 1.46. The molecule has 2 aromatic rings. The molecule has 3 heterocycles. The summed E-state index contributed by atoms with van der Waals surface area (Å²) in [5, 5.41) is 0. The molecule has 6 nitrogen and oxygen atoms in total. The van der Waals surface area contributed by atoms with Crippen LogP contribution in [0.15, 0.2) is 24.3 Å². The van der Waals surface area contributed by atoms with Gasteiger partial charge in [-0.1, -0.05) is 6.07 Å². The van der Waals surface area contributed by atoms with Gasteiger partial charge in [-0.15, -0.1) is 0 Å². The number of hydrogen-bond acceptors (Lipinski definition) is 6. The largest absolute Gasteiger partial charge is 0.454 e. The van der Waals surface area contributed by atoms with Crippen LogP contribution >= 0.6 is 0 Å². The van der Waals surface area contributed by atoms with Gasteiger partial charge < -0.3 is 23.7 Å². The highest BCUT2D eigenvalue weighted by Crippen LogP contribution is 2.52. The van der Waals surface area contributed by atoms with E-state index in [1.54, 1.807) is 0 Å². The molecule has 0 spiro atoms. The zero-order chi connectivity index (χ0) is 17.3. The molecule has 2 atom stereocenters. The lowest BCUT2D eigenvalue weighted by Crippen LogP contribution is -2.17. The zero-order valence-electron chi connectivity index (χ0n) is 13.9. The standard InChI is InChI=1S/C20H16O6/c21-20-17-12(4-5-14-19(17)25-9-22-14)18(26-20)11-3-1-2-10-6-15-16(7-13(10)11)24-8-23-15/h4-7,11,18H,1-3,8-9H2/t11-,18-/m0/s1. The maximum absolute atomic E-state index is 12.6. The molecule has 0 N–H and O–H groups in total. The Bertz CT molecular complexity index is 950. The summed E-state index contributed by atoms with van der Waals surface area (Å²) in [5.74, 6) is 2.45. The molecule has 0 unspecified atom stereocenters. The number of cyclic esters (lactones) is 1. The fraction of sp³-hybridized carbons (Fsp3) is 0.350. The van der Waals surface area contributed by atoms with E-state index in [4.69, 9.17) is 23.7 Å². The van der Waals surface area contributed by atoms with Crippen molar-refractivity contribution >= 4 is 5.97 Å². The average molecular weight is 352 g/mol. The fourth-order valence-corrected chi connectivity index (χ4v) is 4.52. The van der Waals surface area contributed by atoms with Crippen molar-refractivity contribution in [2.45, 2.75) is 31.3 Å². The SMILES string of the molecule is O=C1O[C@@H]([C@H]2CCCc3cc4c(cc32)OCO4)c2ccc3c(c21)OCO3. The van der Waals surface area contributed by atoms with E-state index in [2.05, 4.69) is 12.1 Å². The first-order valence-corrected chi connectivity index (χ1v) is 8.85. The van der Waals surface area contributed by atoms with Crippen LogP contribution in [-0.2, 0) is 11.2 Å². The molecule has 6 heteroatoms. The maximum atomic E-state index is 12.6. The van der Waals surface area contributed by atoms with E-state index in [0.29, 0.717) is 17.1 Å². The summed E-state index contributed by atoms with van der Waals surface area (Å²) in [4.78, 5) is 12.6. The molecule has 0 aromatic heterocycles. The van der Waals surface area contributed by atoms with E-state index in [9.17, 15) is 4.79 Å². The van der Waals surface area contributed by atoms with E-state index in [1.807, 2.05) is 12.1 Å². The predicted molar refractivity (Wildman–Crippen MR) is 89.0 cm³/mol. The number of hydrogen-bond donors (Lipinski definition) is 0. The number of rotatable bonds is 1. The van der Waals surface area contributed by atoms with Gasteiger partial charge in [0.15, 0.2) is 23.0 Å². The van der Waals surface area contributed by atoms with Crippen LogP contribution in [-0.4, -0.2) is 19.6 Å². The van der Waals surface area contributed by atoms with Crippen LogP contribution in [0.25, 0.3) is 0 Å². The Morgan fingerprint density at radius 1 is 0.885 bits per heavy atom. The van der Waals surface area contributed by atoms with Crippen LogP contribution in [0, 0.1) is 0 Å². The van der Waals surface area contributed by atoms with Gasteiger partial charge in [-0.05, 0) is 48.6 Å². The molecule has 0 fully saturated rings. The summed E-state index contributed by atoms with van der Waals surface area (Å²) in [5.41, 5.74) is 3.83. The summed E-state index contributed by atoms with van der Waals surface area (Å²) < 4.78 is 27.8. The highest BCUT2D eigenvalue weighted by Gasteiger charge is 2.43. The Labute approximate surface area is 149 Å². The number of esters is 1. The topological polar surface area (TPSA) is 63.2 Å². The summed E-state index contributed by atoms with van der Waals surface area (Å²) in [7, 11) is 0. The van der Waals surface area contributed by atoms with Crippen molar-refractivity contribution < 1.29 is 28.5 Å². The first kappa shape index (κ1) is 14.3. The monoisotopic (exact) mass is 352 g/mol. The lowest BCUT2D eigenvalue weighted by Gasteiger charge is -2.30. The highest BCUT2D eigenvalue weighted by atomic mass is 16.7. The molecule has 0 saturated carbocycles. The van der Waals surface area contributed by atoms with Gasteiger partial charge in [0, 0.05) is 11.5 Å². The number of fused-ring (bicyclic) bond motifs is 5. The maximum Gasteiger partial charge on any atom is 0.343 e. The van der Waals surface area contributed by atoms with Crippen molar-refractivity contribution in [2.75, 3.05) is 13.6 Å². The first-order chi connectivity index (χ1) is 12.8. The number of benzene rings is 2. The van der Waals surface area contributed by atoms with E-state index in [0.717, 1.165) is 36.3 Å². The van der Waals surface area contributed by atoms with Crippen LogP contribution in [0.3, 0.4) is 0 Å². The van der Waals surface area contributed by atoms with Crippen molar-refractivity contribution in [3.63, 3.8) is 0 Å². The molecule has 1 aliphatic carbocycles. The lowest BCUT2D eigenvalue weighted by molar-refractivity contribution is 0.0307. The predicted octanol–water partition coefficient (Wildman–Crippen LogP) is 3.48. The molecule has 6 rings (SSSR count). The minimum absolute atomic E-state index is 0.0961. The Hall–Kier alpha value is -2.89. The lowest BCUT2D eigenvalue weighted by atomic mass is 9.77. The summed E-state index contributed by atoms with van der Waals surface area (Å²) in [6.45, 7) is 0.396. The van der Waals surface area contributed by atoms with E-state index >= 15 is 0 Å². The van der Waals surface area contributed by atoms with Gasteiger partial charge in [0.05, 0.1) is 0 Å². The smallest absolute Gasteiger partial charge is 0.343 e. The molecule has 0 amide bonds. The van der Waals surface area contributed by atoms with Crippen LogP contribution in [0.5, 0.6) is 23.0 Å². The number of aryl methyl sites for hydroxylation is 1. The van der Waals surface area contributed by atoms with Crippen molar-refractivity contribution in [2.24, 2.45) is 0 Å². The van der Waals surface area contributed by atoms with Crippen molar-refractivity contribution in [1.29, 1.82) is 0 Å². The third-order valence-electron chi connectivity index (χ3n) is 5.68. The highest BCUT2D eigenvalue weighted by molar-refractivity contribution is 5.98. The van der Waals surface area contributed by atoms with Gasteiger partial charge in [-0.2, -0.15) is 0 Å². The molecular formula is C20H16O6. The molecule has 3 aliphatic heterocycles. The van der Waals surface area contributed by atoms with E-state index < -0.39 is 0 Å². The molecule has 0 radical (unpaired) electrons. The summed E-state index contributed by atoms with van der Waals surface area (Å²) >= 11 is 0. The number of carbonyl (C=O) groups is 1. The zero-order valence-corrected chi connectivity index (χ0v) is 13.9. The Morgan fingerprint density at radius 2 is 1.69 bits per heavy atom. The second-order valence-electron chi connectivity index (χ2n) is 6.99. The minimum atomic E-state index is -0.333. The third-order valence-corrected chi connectivity index (χ3v) is 5.68. The van der Waals surface area contributed by atoms with Crippen LogP contribution in [0.1, 0.15) is 51.9 Å². The molecule has 0 bridgehead atoms. The third kappa shape index (κ3) is 1.84. The average Bonchev–Trinajstić information content (AvgIpc) is 3.37. The van der Waals surface area contributed by atoms with Crippen LogP contribution in [0.4, 0.5) is 0 Å². The molecular weight excluding hydrogens is 336 g/mol. The van der Waals surface area contributed by atoms with Gasteiger partial charge in [0.25, 0.3) is 0 Å². The first-order valence-electron chi connectivity index (χ1n) is 8.85. The Morgan fingerprint density at radius 3 is 2.62 bits per heavy atom. The van der Waals surface area contributed by atoms with E-state index in [-0.39, 0.29) is 31.6 Å². The molecule has 4 aliphatic rings. The Kier molecular flexibility index (Phi) is 2.78. The van der Waals surface area contributed by atoms with Gasteiger partial charge in [0.2, 0.25) is 13.6 Å². The quantitative estimate of drug-likeness (QED) is 0.732. The molecule has 2 aromatic carbocycles. The van der Waals surface area contributed by atoms with Gasteiger partial charge in [-0.25, -0.2) is 4.79 Å². The second-order valence-corrected chi connectivity index (χ2v) is 6.99. The summed E-state index contributed by atoms with van der Waals surface area (Å²) in [6.07, 6.45) is 2.69. The van der Waals surface area contributed by atoms with Crippen molar-refractivity contribution in [1.82, 2.24) is 0 Å². The summed E-state index contributed by atoms with van der Waals surface area (Å²) in [6, 6.07) is 7.92. The van der Waals surface area contributed by atoms with Gasteiger partial charge >= 0.3 is 5.97 Å². The van der Waals surface area contributed by atoms with Gasteiger partial charge in [0.1, 0.15) is 11.7 Å².